The average Bonchev–Trinajstić information content (AvgIpc) is 2.87. The van der Waals surface area contributed by atoms with E-state index in [9.17, 15) is 9.59 Å². The number of likely N-dealkylation sites (N-methyl/N-ethyl adjacent to an activating group) is 1. The number of hydrogen-bond donors (Lipinski definition) is 1. The van der Waals surface area contributed by atoms with Crippen LogP contribution in [0.15, 0.2) is 24.3 Å². The highest BCUT2D eigenvalue weighted by atomic mass is 35.5. The Hall–Kier alpha value is -1.59. The van der Waals surface area contributed by atoms with E-state index >= 15 is 0 Å². The summed E-state index contributed by atoms with van der Waals surface area (Å²) in [7, 11) is 1.72. The molecule has 21 heavy (non-hydrogen) atoms. The average molecular weight is 310 g/mol. The van der Waals surface area contributed by atoms with E-state index in [0.29, 0.717) is 23.8 Å². The molecule has 1 saturated heterocycles. The van der Waals surface area contributed by atoms with Crippen molar-refractivity contribution >= 4 is 29.1 Å². The minimum Gasteiger partial charge on any atom is -0.341 e. The molecular formula is C15H20ClN3O2. The second kappa shape index (κ2) is 6.45. The fourth-order valence-electron chi connectivity index (χ4n) is 2.44. The number of hydrogen-bond acceptors (Lipinski definition) is 3. The van der Waals surface area contributed by atoms with Crippen LogP contribution in [-0.2, 0) is 9.59 Å². The van der Waals surface area contributed by atoms with Gasteiger partial charge in [-0.3, -0.25) is 9.59 Å². The first kappa shape index (κ1) is 15.8. The Morgan fingerprint density at radius 3 is 2.81 bits per heavy atom. The molecular weight excluding hydrogens is 290 g/mol. The summed E-state index contributed by atoms with van der Waals surface area (Å²) in [5.41, 5.74) is 6.25. The number of amides is 2. The van der Waals surface area contributed by atoms with Crippen molar-refractivity contribution < 1.29 is 9.59 Å². The topological polar surface area (TPSA) is 66.6 Å². The van der Waals surface area contributed by atoms with Gasteiger partial charge in [0.15, 0.2) is 0 Å². The molecule has 2 atom stereocenters. The monoisotopic (exact) mass is 309 g/mol. The molecule has 1 aliphatic rings. The van der Waals surface area contributed by atoms with Crippen LogP contribution in [-0.4, -0.2) is 42.9 Å². The summed E-state index contributed by atoms with van der Waals surface area (Å²) in [4.78, 5) is 27.8. The van der Waals surface area contributed by atoms with Crippen molar-refractivity contribution in [2.45, 2.75) is 19.4 Å². The van der Waals surface area contributed by atoms with E-state index in [4.69, 9.17) is 17.3 Å². The molecule has 5 nitrogen and oxygen atoms in total. The molecule has 1 fully saturated rings. The summed E-state index contributed by atoms with van der Waals surface area (Å²) in [5.74, 6) is -0.459. The van der Waals surface area contributed by atoms with Gasteiger partial charge in [-0.25, -0.2) is 0 Å². The lowest BCUT2D eigenvalue weighted by Gasteiger charge is -2.26. The van der Waals surface area contributed by atoms with Crippen molar-refractivity contribution in [2.24, 2.45) is 11.7 Å². The van der Waals surface area contributed by atoms with Gasteiger partial charge in [-0.05, 0) is 19.1 Å². The molecule has 0 spiro atoms. The zero-order valence-electron chi connectivity index (χ0n) is 12.3. The van der Waals surface area contributed by atoms with Gasteiger partial charge in [0.05, 0.1) is 16.6 Å². The van der Waals surface area contributed by atoms with E-state index in [-0.39, 0.29) is 30.2 Å². The molecule has 0 aromatic heterocycles. The van der Waals surface area contributed by atoms with E-state index in [1.54, 1.807) is 29.0 Å². The highest BCUT2D eigenvalue weighted by Gasteiger charge is 2.37. The van der Waals surface area contributed by atoms with Gasteiger partial charge in [0.2, 0.25) is 11.8 Å². The highest BCUT2D eigenvalue weighted by Crippen LogP contribution is 2.31. The standard InChI is InChI=1S/C15H20ClN3O2/c1-10(8-17)18(2)15(21)11-7-14(20)19(9-11)13-6-4-3-5-12(13)16/h3-6,10-11H,7-9,17H2,1-2H3. The number of carbonyl (C=O) groups excluding carboxylic acids is 2. The van der Waals surface area contributed by atoms with E-state index < -0.39 is 0 Å². The summed E-state index contributed by atoms with van der Waals surface area (Å²) in [6.07, 6.45) is 0.214. The SMILES string of the molecule is CC(CN)N(C)C(=O)C1CC(=O)N(c2ccccc2Cl)C1. The fourth-order valence-corrected chi connectivity index (χ4v) is 2.68. The third-order valence-corrected chi connectivity index (χ3v) is 4.29. The first-order valence-electron chi connectivity index (χ1n) is 6.97. The lowest BCUT2D eigenvalue weighted by molar-refractivity contribution is -0.136. The summed E-state index contributed by atoms with van der Waals surface area (Å²) in [5, 5.41) is 0.516. The third kappa shape index (κ3) is 3.19. The minimum absolute atomic E-state index is 0.0398. The van der Waals surface area contributed by atoms with Crippen molar-refractivity contribution in [1.29, 1.82) is 0 Å². The second-order valence-corrected chi connectivity index (χ2v) is 5.80. The third-order valence-electron chi connectivity index (χ3n) is 3.97. The Balaban J connectivity index is 2.13. The van der Waals surface area contributed by atoms with Crippen LogP contribution in [0, 0.1) is 5.92 Å². The highest BCUT2D eigenvalue weighted by molar-refractivity contribution is 6.33. The molecule has 2 N–H and O–H groups in total. The number of halogens is 1. The second-order valence-electron chi connectivity index (χ2n) is 5.39. The normalized spacial score (nSPS) is 19.7. The summed E-state index contributed by atoms with van der Waals surface area (Å²) in [6.45, 7) is 2.65. The van der Waals surface area contributed by atoms with Crippen molar-refractivity contribution in [3.8, 4) is 0 Å². The van der Waals surface area contributed by atoms with Crippen molar-refractivity contribution in [2.75, 3.05) is 25.0 Å². The lowest BCUT2D eigenvalue weighted by Crippen LogP contribution is -2.43. The molecule has 1 aliphatic heterocycles. The molecule has 0 aliphatic carbocycles. The van der Waals surface area contributed by atoms with Gasteiger partial charge in [-0.15, -0.1) is 0 Å². The number of nitrogens with zero attached hydrogens (tertiary/aromatic N) is 2. The molecule has 6 heteroatoms. The van der Waals surface area contributed by atoms with Gasteiger partial charge in [0, 0.05) is 32.6 Å². The number of benzene rings is 1. The van der Waals surface area contributed by atoms with Gasteiger partial charge in [0.25, 0.3) is 0 Å². The smallest absolute Gasteiger partial charge is 0.228 e. The summed E-state index contributed by atoms with van der Waals surface area (Å²) in [6, 6.07) is 7.13. The van der Waals surface area contributed by atoms with Gasteiger partial charge >= 0.3 is 0 Å². The quantitative estimate of drug-likeness (QED) is 0.916. The van der Waals surface area contributed by atoms with Crippen molar-refractivity contribution in [1.82, 2.24) is 4.90 Å². The zero-order chi connectivity index (χ0) is 15.6. The molecule has 1 heterocycles. The van der Waals surface area contributed by atoms with Crippen LogP contribution < -0.4 is 10.6 Å². The van der Waals surface area contributed by atoms with Crippen molar-refractivity contribution in [3.05, 3.63) is 29.3 Å². The predicted molar refractivity (Wildman–Crippen MR) is 83.2 cm³/mol. The Labute approximate surface area is 129 Å². The molecule has 2 amide bonds. The maximum Gasteiger partial charge on any atom is 0.228 e. The van der Waals surface area contributed by atoms with Gasteiger partial charge < -0.3 is 15.5 Å². The van der Waals surface area contributed by atoms with Crippen LogP contribution >= 0.6 is 11.6 Å². The number of anilines is 1. The van der Waals surface area contributed by atoms with Crippen LogP contribution in [0.25, 0.3) is 0 Å². The minimum atomic E-state index is -0.340. The van der Waals surface area contributed by atoms with Crippen molar-refractivity contribution in [3.63, 3.8) is 0 Å². The maximum atomic E-state index is 12.4. The fraction of sp³-hybridized carbons (Fsp3) is 0.467. The van der Waals surface area contributed by atoms with E-state index in [0.717, 1.165) is 0 Å². The van der Waals surface area contributed by atoms with Gasteiger partial charge in [0.1, 0.15) is 0 Å². The maximum absolute atomic E-state index is 12.4. The van der Waals surface area contributed by atoms with Crippen LogP contribution in [0.1, 0.15) is 13.3 Å². The van der Waals surface area contributed by atoms with E-state index in [2.05, 4.69) is 0 Å². The molecule has 0 radical (unpaired) electrons. The number of rotatable bonds is 4. The Morgan fingerprint density at radius 2 is 2.19 bits per heavy atom. The molecule has 1 aromatic rings. The largest absolute Gasteiger partial charge is 0.341 e. The lowest BCUT2D eigenvalue weighted by atomic mass is 10.1. The van der Waals surface area contributed by atoms with Crippen LogP contribution in [0.2, 0.25) is 5.02 Å². The molecule has 1 aromatic carbocycles. The first-order valence-corrected chi connectivity index (χ1v) is 7.35. The number of carbonyl (C=O) groups is 2. The Kier molecular flexibility index (Phi) is 4.85. The molecule has 0 bridgehead atoms. The van der Waals surface area contributed by atoms with Crippen LogP contribution in [0.3, 0.4) is 0 Å². The van der Waals surface area contributed by atoms with E-state index in [1.807, 2.05) is 19.1 Å². The summed E-state index contributed by atoms with van der Waals surface area (Å²) >= 11 is 6.13. The number of para-hydroxylation sites is 1. The molecule has 0 saturated carbocycles. The molecule has 2 unspecified atom stereocenters. The zero-order valence-corrected chi connectivity index (χ0v) is 13.0. The van der Waals surface area contributed by atoms with Crippen LogP contribution in [0.4, 0.5) is 5.69 Å². The predicted octanol–water partition coefficient (Wildman–Crippen LogP) is 1.50. The van der Waals surface area contributed by atoms with Crippen LogP contribution in [0.5, 0.6) is 0 Å². The first-order chi connectivity index (χ1) is 9.95. The molecule has 2 rings (SSSR count). The van der Waals surface area contributed by atoms with Gasteiger partial charge in [-0.1, -0.05) is 23.7 Å². The molecule has 114 valence electrons. The Morgan fingerprint density at radius 1 is 1.52 bits per heavy atom. The van der Waals surface area contributed by atoms with Gasteiger partial charge in [-0.2, -0.15) is 0 Å². The number of nitrogens with two attached hydrogens (primary N) is 1. The Bertz CT molecular complexity index is 549. The summed E-state index contributed by atoms with van der Waals surface area (Å²) < 4.78 is 0. The van der Waals surface area contributed by atoms with E-state index in [1.165, 1.54) is 0 Å².